The molecule has 1 unspecified atom stereocenters. The van der Waals surface area contributed by atoms with Gasteiger partial charge in [-0.3, -0.25) is 9.69 Å². The van der Waals surface area contributed by atoms with Gasteiger partial charge in [0.1, 0.15) is 0 Å². The molecule has 0 saturated carbocycles. The zero-order valence-electron chi connectivity index (χ0n) is 16.7. The Morgan fingerprint density at radius 1 is 1.24 bits per heavy atom. The minimum atomic E-state index is 0.110. The van der Waals surface area contributed by atoms with Crippen LogP contribution in [0.2, 0.25) is 0 Å². The average Bonchev–Trinajstić information content (AvgIpc) is 3.42. The molecule has 0 N–H and O–H groups in total. The zero-order valence-corrected chi connectivity index (χ0v) is 18.3. The smallest absolute Gasteiger partial charge is 0.229 e. The molecule has 2 aromatic carbocycles. The lowest BCUT2D eigenvalue weighted by Gasteiger charge is -2.23. The molecule has 1 aliphatic rings. The van der Waals surface area contributed by atoms with E-state index in [-0.39, 0.29) is 12.0 Å². The molecule has 3 aromatic rings. The van der Waals surface area contributed by atoms with Gasteiger partial charge in [-0.2, -0.15) is 0 Å². The number of thiazole rings is 1. The highest BCUT2D eigenvalue weighted by atomic mass is 32.2. The van der Waals surface area contributed by atoms with Crippen molar-refractivity contribution in [2.24, 2.45) is 0 Å². The van der Waals surface area contributed by atoms with Gasteiger partial charge in [0, 0.05) is 23.7 Å². The summed E-state index contributed by atoms with van der Waals surface area (Å²) in [6.45, 7) is 3.52. The Morgan fingerprint density at radius 2 is 2.10 bits per heavy atom. The molecule has 1 aromatic heterocycles. The number of rotatable bonds is 8. The summed E-state index contributed by atoms with van der Waals surface area (Å²) in [4.78, 5) is 21.1. The lowest BCUT2D eigenvalue weighted by atomic mass is 10.1. The molecule has 0 radical (unpaired) electrons. The number of aromatic nitrogens is 1. The normalized spacial score (nSPS) is 16.4. The molecule has 0 spiro atoms. The molecule has 29 heavy (non-hydrogen) atoms. The van der Waals surface area contributed by atoms with Crippen LogP contribution in [0.4, 0.5) is 5.13 Å². The minimum absolute atomic E-state index is 0.110. The third-order valence-electron chi connectivity index (χ3n) is 5.14. The molecule has 4 rings (SSSR count). The van der Waals surface area contributed by atoms with Crippen LogP contribution in [0.5, 0.6) is 0 Å². The highest BCUT2D eigenvalue weighted by Gasteiger charge is 2.26. The maximum Gasteiger partial charge on any atom is 0.229 e. The molecule has 152 valence electrons. The van der Waals surface area contributed by atoms with Crippen molar-refractivity contribution < 1.29 is 9.53 Å². The lowest BCUT2D eigenvalue weighted by Crippen LogP contribution is -2.37. The number of ether oxygens (including phenoxy) is 1. The van der Waals surface area contributed by atoms with Crippen LogP contribution >= 0.6 is 23.1 Å². The predicted octanol–water partition coefficient (Wildman–Crippen LogP) is 5.55. The van der Waals surface area contributed by atoms with Crippen LogP contribution in [0.3, 0.4) is 0 Å². The third-order valence-corrected chi connectivity index (χ3v) is 7.20. The lowest BCUT2D eigenvalue weighted by molar-refractivity contribution is -0.118. The second kappa shape index (κ2) is 9.74. The van der Waals surface area contributed by atoms with Gasteiger partial charge in [0.2, 0.25) is 5.91 Å². The third kappa shape index (κ3) is 5.00. The maximum absolute atomic E-state index is 13.2. The first-order chi connectivity index (χ1) is 14.2. The quantitative estimate of drug-likeness (QED) is 0.443. The summed E-state index contributed by atoms with van der Waals surface area (Å²) in [5.41, 5.74) is 2.26. The summed E-state index contributed by atoms with van der Waals surface area (Å²) in [5, 5.41) is 0.797. The number of benzene rings is 2. The largest absolute Gasteiger partial charge is 0.376 e. The number of fused-ring (bicyclic) bond motifs is 1. The van der Waals surface area contributed by atoms with Crippen molar-refractivity contribution in [2.75, 3.05) is 23.8 Å². The Kier molecular flexibility index (Phi) is 6.85. The number of thioether (sulfide) groups is 1. The van der Waals surface area contributed by atoms with Gasteiger partial charge in [-0.1, -0.05) is 48.6 Å². The van der Waals surface area contributed by atoms with Crippen LogP contribution in [0.25, 0.3) is 10.2 Å². The number of hydrogen-bond donors (Lipinski definition) is 0. The Hall–Kier alpha value is -1.89. The van der Waals surface area contributed by atoms with Crippen LogP contribution < -0.4 is 4.90 Å². The summed E-state index contributed by atoms with van der Waals surface area (Å²) >= 11 is 3.33. The Labute approximate surface area is 180 Å². The minimum Gasteiger partial charge on any atom is -0.376 e. The molecular formula is C23H26N2O2S2. The number of amides is 1. The van der Waals surface area contributed by atoms with Crippen molar-refractivity contribution >= 4 is 44.4 Å². The summed E-state index contributed by atoms with van der Waals surface area (Å²) in [6, 6.07) is 16.5. The number of para-hydroxylation sites is 1. The molecule has 6 heteroatoms. The van der Waals surface area contributed by atoms with Gasteiger partial charge < -0.3 is 4.74 Å². The van der Waals surface area contributed by atoms with Gasteiger partial charge in [-0.25, -0.2) is 4.98 Å². The summed E-state index contributed by atoms with van der Waals surface area (Å²) in [7, 11) is 0. The number of anilines is 1. The standard InChI is InChI=1S/C23H26N2O2S2/c1-2-17-8-6-12-20-22(17)24-23(29-20)25(16-18-9-7-14-27-18)21(26)13-15-28-19-10-4-3-5-11-19/h3-6,8,10-12,18H,2,7,9,13-16H2,1H3. The molecule has 1 atom stereocenters. The van der Waals surface area contributed by atoms with E-state index < -0.39 is 0 Å². The van der Waals surface area contributed by atoms with E-state index in [1.165, 1.54) is 10.5 Å². The molecule has 0 aliphatic carbocycles. The van der Waals surface area contributed by atoms with Gasteiger partial charge >= 0.3 is 0 Å². The first kappa shape index (κ1) is 20.4. The van der Waals surface area contributed by atoms with E-state index in [1.807, 2.05) is 23.1 Å². The summed E-state index contributed by atoms with van der Waals surface area (Å²) < 4.78 is 6.97. The van der Waals surface area contributed by atoms with E-state index in [4.69, 9.17) is 9.72 Å². The van der Waals surface area contributed by atoms with Gasteiger partial charge in [0.15, 0.2) is 5.13 Å². The van der Waals surface area contributed by atoms with Crippen molar-refractivity contribution in [3.8, 4) is 0 Å². The fraction of sp³-hybridized carbons (Fsp3) is 0.391. The fourth-order valence-electron chi connectivity index (χ4n) is 3.58. The van der Waals surface area contributed by atoms with E-state index in [0.29, 0.717) is 13.0 Å². The van der Waals surface area contributed by atoms with E-state index in [0.717, 1.165) is 47.0 Å². The van der Waals surface area contributed by atoms with E-state index in [9.17, 15) is 4.79 Å². The molecule has 1 aliphatic heterocycles. The molecule has 1 amide bonds. The fourth-order valence-corrected chi connectivity index (χ4v) is 5.48. The van der Waals surface area contributed by atoms with Crippen molar-refractivity contribution in [1.82, 2.24) is 4.98 Å². The van der Waals surface area contributed by atoms with Gasteiger partial charge in [0.25, 0.3) is 0 Å². The molecule has 4 nitrogen and oxygen atoms in total. The monoisotopic (exact) mass is 426 g/mol. The Balaban J connectivity index is 1.51. The van der Waals surface area contributed by atoms with Gasteiger partial charge in [0.05, 0.1) is 22.9 Å². The topological polar surface area (TPSA) is 42.4 Å². The van der Waals surface area contributed by atoms with Crippen LogP contribution in [0.1, 0.15) is 31.7 Å². The van der Waals surface area contributed by atoms with Crippen LogP contribution in [-0.2, 0) is 16.0 Å². The predicted molar refractivity (Wildman–Crippen MR) is 122 cm³/mol. The molecule has 1 saturated heterocycles. The first-order valence-corrected chi connectivity index (χ1v) is 12.0. The highest BCUT2D eigenvalue weighted by Crippen LogP contribution is 2.32. The van der Waals surface area contributed by atoms with Crippen LogP contribution in [-0.4, -0.2) is 35.9 Å². The van der Waals surface area contributed by atoms with E-state index in [2.05, 4.69) is 37.3 Å². The van der Waals surface area contributed by atoms with Gasteiger partial charge in [-0.15, -0.1) is 11.8 Å². The van der Waals surface area contributed by atoms with Crippen molar-refractivity contribution in [1.29, 1.82) is 0 Å². The van der Waals surface area contributed by atoms with Crippen molar-refractivity contribution in [3.63, 3.8) is 0 Å². The first-order valence-electron chi connectivity index (χ1n) is 10.2. The van der Waals surface area contributed by atoms with E-state index >= 15 is 0 Å². The van der Waals surface area contributed by atoms with Crippen LogP contribution in [0.15, 0.2) is 53.4 Å². The second-order valence-electron chi connectivity index (χ2n) is 7.16. The Bertz CT molecular complexity index is 952. The number of carbonyl (C=O) groups is 1. The molecule has 2 heterocycles. The Morgan fingerprint density at radius 3 is 2.86 bits per heavy atom. The number of nitrogens with zero attached hydrogens (tertiary/aromatic N) is 2. The molecular weight excluding hydrogens is 400 g/mol. The molecule has 1 fully saturated rings. The number of hydrogen-bond acceptors (Lipinski definition) is 5. The number of aryl methyl sites for hydroxylation is 1. The number of carbonyl (C=O) groups excluding carboxylic acids is 1. The van der Waals surface area contributed by atoms with Gasteiger partial charge in [-0.05, 0) is 43.0 Å². The van der Waals surface area contributed by atoms with Crippen molar-refractivity contribution in [2.45, 2.75) is 43.6 Å². The second-order valence-corrected chi connectivity index (χ2v) is 9.34. The molecule has 0 bridgehead atoms. The van der Waals surface area contributed by atoms with Crippen LogP contribution in [0, 0.1) is 0 Å². The highest BCUT2D eigenvalue weighted by molar-refractivity contribution is 7.99. The summed E-state index contributed by atoms with van der Waals surface area (Å²) in [5.74, 6) is 0.886. The maximum atomic E-state index is 13.2. The average molecular weight is 427 g/mol. The summed E-state index contributed by atoms with van der Waals surface area (Å²) in [6.07, 6.45) is 3.61. The van der Waals surface area contributed by atoms with E-state index in [1.54, 1.807) is 23.1 Å². The zero-order chi connectivity index (χ0) is 20.1. The SMILES string of the molecule is CCc1cccc2sc(N(CC3CCCO3)C(=O)CCSc3ccccc3)nc12. The van der Waals surface area contributed by atoms with Crippen molar-refractivity contribution in [3.05, 3.63) is 54.1 Å².